The minimum Gasteiger partial charge on any atom is -0.125 e. The molecule has 1 unspecified atom stereocenters. The van der Waals surface area contributed by atoms with Gasteiger partial charge in [0.1, 0.15) is 0 Å². The average molecular weight is 144 g/mol. The van der Waals surface area contributed by atoms with Crippen LogP contribution >= 0.6 is 8.58 Å². The lowest BCUT2D eigenvalue weighted by Crippen LogP contribution is -2.07. The van der Waals surface area contributed by atoms with Crippen molar-refractivity contribution in [1.29, 1.82) is 0 Å². The summed E-state index contributed by atoms with van der Waals surface area (Å²) >= 11 is 0. The van der Waals surface area contributed by atoms with Gasteiger partial charge in [0.05, 0.1) is 0 Å². The Hall–Kier alpha value is 0.430. The van der Waals surface area contributed by atoms with Crippen molar-refractivity contribution in [3.05, 3.63) is 0 Å². The highest BCUT2D eigenvalue weighted by molar-refractivity contribution is 7.36. The Bertz CT molecular complexity index is 62.2. The zero-order valence-corrected chi connectivity index (χ0v) is 7.32. The maximum absolute atomic E-state index is 2.33. The molecule has 1 fully saturated rings. The molecule has 0 amide bonds. The summed E-state index contributed by atoms with van der Waals surface area (Å²) in [7, 11) is 1.19. The normalized spacial score (nSPS) is 23.7. The van der Waals surface area contributed by atoms with Crippen molar-refractivity contribution in [2.75, 3.05) is 12.8 Å². The minimum absolute atomic E-state index is 1.11. The molecule has 0 aromatic heterocycles. The Balaban J connectivity index is 2.08. The number of hydrogen-bond donors (Lipinski definition) is 0. The lowest BCUT2D eigenvalue weighted by atomic mass is 9.91. The third kappa shape index (κ3) is 2.67. The van der Waals surface area contributed by atoms with Crippen LogP contribution in [0.25, 0.3) is 0 Å². The van der Waals surface area contributed by atoms with Crippen LogP contribution in [0.5, 0.6) is 0 Å². The highest BCUT2D eigenvalue weighted by Gasteiger charge is 2.11. The molecule has 54 valence electrons. The molecular weight excluding hydrogens is 127 g/mol. The van der Waals surface area contributed by atoms with Crippen LogP contribution in [-0.4, -0.2) is 12.8 Å². The third-order valence-corrected chi connectivity index (χ3v) is 3.20. The van der Waals surface area contributed by atoms with E-state index in [2.05, 4.69) is 6.66 Å². The van der Waals surface area contributed by atoms with Gasteiger partial charge in [0.15, 0.2) is 0 Å². The summed E-state index contributed by atoms with van der Waals surface area (Å²) in [6, 6.07) is 0. The summed E-state index contributed by atoms with van der Waals surface area (Å²) in [6.07, 6.45) is 9.09. The Morgan fingerprint density at radius 3 is 2.44 bits per heavy atom. The summed E-state index contributed by atoms with van der Waals surface area (Å²) in [4.78, 5) is 0. The second-order valence-electron chi connectivity index (χ2n) is 3.06. The van der Waals surface area contributed by atoms with E-state index < -0.39 is 0 Å². The first-order valence-corrected chi connectivity index (χ1v) is 5.79. The number of rotatable bonds is 2. The SMILES string of the molecule is CPCC1CCCCC1. The van der Waals surface area contributed by atoms with Crippen LogP contribution in [0.4, 0.5) is 0 Å². The Kier molecular flexibility index (Phi) is 3.58. The van der Waals surface area contributed by atoms with Gasteiger partial charge in [0, 0.05) is 0 Å². The Morgan fingerprint density at radius 2 is 1.89 bits per heavy atom. The molecule has 0 radical (unpaired) electrons. The fourth-order valence-electron chi connectivity index (χ4n) is 1.68. The first-order valence-electron chi connectivity index (χ1n) is 4.08. The van der Waals surface area contributed by atoms with E-state index in [4.69, 9.17) is 0 Å². The molecule has 1 rings (SSSR count). The van der Waals surface area contributed by atoms with E-state index in [-0.39, 0.29) is 0 Å². The molecule has 0 aromatic rings. The van der Waals surface area contributed by atoms with Crippen LogP contribution in [0.3, 0.4) is 0 Å². The predicted molar refractivity (Wildman–Crippen MR) is 45.7 cm³/mol. The van der Waals surface area contributed by atoms with Gasteiger partial charge in [0.2, 0.25) is 0 Å². The molecule has 1 aliphatic rings. The van der Waals surface area contributed by atoms with Crippen LogP contribution in [-0.2, 0) is 0 Å². The summed E-state index contributed by atoms with van der Waals surface area (Å²) < 4.78 is 0. The van der Waals surface area contributed by atoms with Crippen LogP contribution in [0, 0.1) is 5.92 Å². The second kappa shape index (κ2) is 4.28. The van der Waals surface area contributed by atoms with Crippen molar-refractivity contribution >= 4 is 8.58 Å². The number of hydrogen-bond acceptors (Lipinski definition) is 0. The fraction of sp³-hybridized carbons (Fsp3) is 1.00. The molecule has 0 nitrogen and oxygen atoms in total. The van der Waals surface area contributed by atoms with Gasteiger partial charge >= 0.3 is 0 Å². The minimum atomic E-state index is 1.11. The topological polar surface area (TPSA) is 0 Å². The average Bonchev–Trinajstić information content (AvgIpc) is 1.91. The fourth-order valence-corrected chi connectivity index (χ4v) is 2.67. The molecule has 0 bridgehead atoms. The van der Waals surface area contributed by atoms with Gasteiger partial charge in [-0.25, -0.2) is 0 Å². The first-order chi connectivity index (χ1) is 4.43. The predicted octanol–water partition coefficient (Wildman–Crippen LogP) is 2.88. The van der Waals surface area contributed by atoms with Crippen molar-refractivity contribution in [2.24, 2.45) is 5.92 Å². The third-order valence-electron chi connectivity index (χ3n) is 2.22. The summed E-state index contributed by atoms with van der Waals surface area (Å²) in [5, 5.41) is 0. The molecule has 1 saturated carbocycles. The van der Waals surface area contributed by atoms with Gasteiger partial charge in [-0.3, -0.25) is 0 Å². The molecule has 0 saturated heterocycles. The molecular formula is C8H17P. The summed E-state index contributed by atoms with van der Waals surface area (Å²) in [5.74, 6) is 1.11. The van der Waals surface area contributed by atoms with Crippen molar-refractivity contribution in [1.82, 2.24) is 0 Å². The van der Waals surface area contributed by atoms with E-state index in [9.17, 15) is 0 Å². The lowest BCUT2D eigenvalue weighted by molar-refractivity contribution is 0.390. The van der Waals surface area contributed by atoms with Crippen molar-refractivity contribution in [2.45, 2.75) is 32.1 Å². The summed E-state index contributed by atoms with van der Waals surface area (Å²) in [6.45, 7) is 2.33. The molecule has 0 heterocycles. The highest BCUT2D eigenvalue weighted by atomic mass is 31.1. The van der Waals surface area contributed by atoms with Crippen molar-refractivity contribution in [3.63, 3.8) is 0 Å². The smallest absolute Gasteiger partial charge is 0.0327 e. The molecule has 0 spiro atoms. The van der Waals surface area contributed by atoms with E-state index in [0.717, 1.165) is 5.92 Å². The molecule has 1 aliphatic carbocycles. The zero-order chi connectivity index (χ0) is 6.53. The van der Waals surface area contributed by atoms with Crippen LogP contribution in [0.2, 0.25) is 0 Å². The van der Waals surface area contributed by atoms with E-state index in [1.807, 2.05) is 0 Å². The van der Waals surface area contributed by atoms with Crippen LogP contribution in [0.15, 0.2) is 0 Å². The maximum Gasteiger partial charge on any atom is -0.0327 e. The van der Waals surface area contributed by atoms with E-state index in [1.165, 1.54) is 46.8 Å². The van der Waals surface area contributed by atoms with Gasteiger partial charge in [-0.05, 0) is 18.7 Å². The lowest BCUT2D eigenvalue weighted by Gasteiger charge is -2.20. The Morgan fingerprint density at radius 1 is 1.22 bits per heavy atom. The zero-order valence-electron chi connectivity index (χ0n) is 6.32. The summed E-state index contributed by atoms with van der Waals surface area (Å²) in [5.41, 5.74) is 0. The van der Waals surface area contributed by atoms with E-state index >= 15 is 0 Å². The molecule has 0 aliphatic heterocycles. The van der Waals surface area contributed by atoms with Gasteiger partial charge < -0.3 is 0 Å². The van der Waals surface area contributed by atoms with Gasteiger partial charge in [-0.15, -0.1) is 8.58 Å². The van der Waals surface area contributed by atoms with Crippen LogP contribution in [0.1, 0.15) is 32.1 Å². The van der Waals surface area contributed by atoms with Gasteiger partial charge in [0.25, 0.3) is 0 Å². The van der Waals surface area contributed by atoms with Gasteiger partial charge in [-0.2, -0.15) is 0 Å². The second-order valence-corrected chi connectivity index (χ2v) is 4.18. The Labute approximate surface area is 60.2 Å². The van der Waals surface area contributed by atoms with E-state index in [1.54, 1.807) is 0 Å². The quantitative estimate of drug-likeness (QED) is 0.523. The monoisotopic (exact) mass is 144 g/mol. The van der Waals surface area contributed by atoms with Gasteiger partial charge in [-0.1, -0.05) is 32.1 Å². The first kappa shape index (κ1) is 7.54. The molecule has 1 atom stereocenters. The standard InChI is InChI=1S/C8H17P/c1-9-7-8-5-3-2-4-6-8/h8-9H,2-7H2,1H3. The van der Waals surface area contributed by atoms with Crippen LogP contribution < -0.4 is 0 Å². The largest absolute Gasteiger partial charge is 0.125 e. The highest BCUT2D eigenvalue weighted by Crippen LogP contribution is 2.27. The molecule has 0 aromatic carbocycles. The van der Waals surface area contributed by atoms with E-state index in [0.29, 0.717) is 0 Å². The maximum atomic E-state index is 2.33. The molecule has 1 heteroatoms. The van der Waals surface area contributed by atoms with Crippen molar-refractivity contribution < 1.29 is 0 Å². The molecule has 0 N–H and O–H groups in total. The molecule has 9 heavy (non-hydrogen) atoms. The van der Waals surface area contributed by atoms with Crippen molar-refractivity contribution in [3.8, 4) is 0 Å².